The molecule has 98 valence electrons. The number of aromatic nitrogens is 1. The summed E-state index contributed by atoms with van der Waals surface area (Å²) in [5, 5.41) is 16.3. The van der Waals surface area contributed by atoms with Gasteiger partial charge in [0.05, 0.1) is 11.6 Å². The first-order valence-corrected chi connectivity index (χ1v) is 6.67. The number of urea groups is 1. The Bertz CT molecular complexity index is 456. The van der Waals surface area contributed by atoms with Crippen LogP contribution in [0.5, 0.6) is 0 Å². The fourth-order valence-electron chi connectivity index (χ4n) is 1.38. The van der Waals surface area contributed by atoms with Gasteiger partial charge in [-0.3, -0.25) is 10.1 Å². The quantitative estimate of drug-likeness (QED) is 0.761. The van der Waals surface area contributed by atoms with E-state index < -0.39 is 17.9 Å². The highest BCUT2D eigenvalue weighted by molar-refractivity contribution is 7.13. The molecule has 1 atom stereocenters. The normalized spacial score (nSPS) is 16.1. The Morgan fingerprint density at radius 3 is 2.94 bits per heavy atom. The number of carbonyl (C=O) groups is 2. The second-order valence-corrected chi connectivity index (χ2v) is 5.28. The first-order chi connectivity index (χ1) is 8.56. The van der Waals surface area contributed by atoms with Crippen molar-refractivity contribution in [3.63, 3.8) is 0 Å². The van der Waals surface area contributed by atoms with Gasteiger partial charge < -0.3 is 10.4 Å². The molecule has 3 N–H and O–H groups in total. The van der Waals surface area contributed by atoms with Gasteiger partial charge in [-0.25, -0.2) is 9.78 Å². The number of nitrogens with zero attached hydrogens (tertiary/aromatic N) is 1. The second-order valence-electron chi connectivity index (χ2n) is 4.43. The van der Waals surface area contributed by atoms with E-state index in [1.807, 2.05) is 5.38 Å². The van der Waals surface area contributed by atoms with Gasteiger partial charge in [-0.1, -0.05) is 6.92 Å². The Kier molecular flexibility index (Phi) is 3.81. The van der Waals surface area contributed by atoms with Gasteiger partial charge in [-0.2, -0.15) is 0 Å². The predicted octanol–water partition coefficient (Wildman–Crippen LogP) is 1.86. The van der Waals surface area contributed by atoms with Crippen molar-refractivity contribution in [2.45, 2.75) is 25.7 Å². The van der Waals surface area contributed by atoms with Crippen LogP contribution in [-0.4, -0.2) is 28.6 Å². The number of anilines is 1. The van der Waals surface area contributed by atoms with Gasteiger partial charge in [0.2, 0.25) is 0 Å². The number of nitrogens with one attached hydrogen (secondary N) is 2. The van der Waals surface area contributed by atoms with Crippen molar-refractivity contribution in [3.8, 4) is 0 Å². The summed E-state index contributed by atoms with van der Waals surface area (Å²) in [5.74, 6) is -0.971. The largest absolute Gasteiger partial charge is 0.481 e. The van der Waals surface area contributed by atoms with Gasteiger partial charge in [0.25, 0.3) is 0 Å². The molecule has 1 fully saturated rings. The highest BCUT2D eigenvalue weighted by atomic mass is 32.1. The molecule has 0 saturated heterocycles. The lowest BCUT2D eigenvalue weighted by Crippen LogP contribution is -2.34. The predicted molar refractivity (Wildman–Crippen MR) is 67.9 cm³/mol. The number of hydrogen-bond donors (Lipinski definition) is 3. The standard InChI is InChI=1S/C11H15N3O3S/c1-6(9(15)16)4-12-10(17)14-11-13-8(5-18-11)7-2-3-7/h5-7H,2-4H2,1H3,(H,15,16)(H2,12,13,14,17). The maximum absolute atomic E-state index is 11.5. The Labute approximate surface area is 108 Å². The molecule has 7 heteroatoms. The van der Waals surface area contributed by atoms with E-state index in [4.69, 9.17) is 5.11 Å². The van der Waals surface area contributed by atoms with Gasteiger partial charge >= 0.3 is 12.0 Å². The molecule has 0 spiro atoms. The number of carbonyl (C=O) groups excluding carboxylic acids is 1. The van der Waals surface area contributed by atoms with Crippen LogP contribution in [0.2, 0.25) is 0 Å². The van der Waals surface area contributed by atoms with Crippen LogP contribution in [0.3, 0.4) is 0 Å². The Morgan fingerprint density at radius 2 is 2.33 bits per heavy atom. The number of aliphatic carboxylic acids is 1. The lowest BCUT2D eigenvalue weighted by Gasteiger charge is -2.08. The van der Waals surface area contributed by atoms with E-state index in [2.05, 4.69) is 15.6 Å². The van der Waals surface area contributed by atoms with E-state index in [-0.39, 0.29) is 6.54 Å². The maximum atomic E-state index is 11.5. The second kappa shape index (κ2) is 5.34. The van der Waals surface area contributed by atoms with Crippen LogP contribution in [0.1, 0.15) is 31.4 Å². The zero-order valence-electron chi connectivity index (χ0n) is 9.97. The zero-order chi connectivity index (χ0) is 13.1. The Hall–Kier alpha value is -1.63. The lowest BCUT2D eigenvalue weighted by atomic mass is 10.2. The van der Waals surface area contributed by atoms with Crippen LogP contribution in [-0.2, 0) is 4.79 Å². The molecule has 1 aromatic heterocycles. The molecular formula is C11H15N3O3S. The molecule has 1 heterocycles. The Balaban J connectivity index is 1.77. The van der Waals surface area contributed by atoms with Gasteiger partial charge in [0.15, 0.2) is 5.13 Å². The third kappa shape index (κ3) is 3.43. The molecule has 1 unspecified atom stereocenters. The minimum atomic E-state index is -0.930. The van der Waals surface area contributed by atoms with E-state index in [9.17, 15) is 9.59 Å². The van der Waals surface area contributed by atoms with E-state index in [0.29, 0.717) is 11.0 Å². The van der Waals surface area contributed by atoms with Crippen molar-refractivity contribution in [1.29, 1.82) is 0 Å². The third-order valence-electron chi connectivity index (χ3n) is 2.73. The van der Waals surface area contributed by atoms with E-state index in [0.717, 1.165) is 5.69 Å². The molecule has 0 bridgehead atoms. The third-order valence-corrected chi connectivity index (χ3v) is 3.50. The molecule has 1 aliphatic carbocycles. The molecule has 2 amide bonds. The molecule has 2 rings (SSSR count). The van der Waals surface area contributed by atoms with Crippen LogP contribution in [0.25, 0.3) is 0 Å². The van der Waals surface area contributed by atoms with Gasteiger partial charge in [-0.15, -0.1) is 11.3 Å². The number of carboxylic acids is 1. The minimum absolute atomic E-state index is 0.0992. The summed E-state index contributed by atoms with van der Waals surface area (Å²) in [6.45, 7) is 1.64. The zero-order valence-corrected chi connectivity index (χ0v) is 10.8. The molecule has 1 aliphatic rings. The molecule has 1 aromatic rings. The fraction of sp³-hybridized carbons (Fsp3) is 0.545. The summed E-state index contributed by atoms with van der Waals surface area (Å²) in [6, 6.07) is -0.417. The maximum Gasteiger partial charge on any atom is 0.321 e. The van der Waals surface area contributed by atoms with Gasteiger partial charge in [0, 0.05) is 17.8 Å². The van der Waals surface area contributed by atoms with Gasteiger partial charge in [-0.05, 0) is 12.8 Å². The number of rotatable bonds is 5. The summed E-state index contributed by atoms with van der Waals surface area (Å²) in [6.07, 6.45) is 2.34. The molecule has 6 nitrogen and oxygen atoms in total. The molecular weight excluding hydrogens is 254 g/mol. The van der Waals surface area contributed by atoms with Gasteiger partial charge in [0.1, 0.15) is 0 Å². The van der Waals surface area contributed by atoms with E-state index in [1.165, 1.54) is 31.1 Å². The molecule has 0 aliphatic heterocycles. The molecule has 18 heavy (non-hydrogen) atoms. The molecule has 0 aromatic carbocycles. The summed E-state index contributed by atoms with van der Waals surface area (Å²) < 4.78 is 0. The first-order valence-electron chi connectivity index (χ1n) is 5.79. The monoisotopic (exact) mass is 269 g/mol. The van der Waals surface area contributed by atoms with Crippen molar-refractivity contribution in [3.05, 3.63) is 11.1 Å². The smallest absolute Gasteiger partial charge is 0.321 e. The van der Waals surface area contributed by atoms with Crippen molar-refractivity contribution < 1.29 is 14.7 Å². The van der Waals surface area contributed by atoms with Crippen molar-refractivity contribution in [1.82, 2.24) is 10.3 Å². The van der Waals surface area contributed by atoms with Crippen molar-refractivity contribution in [2.24, 2.45) is 5.92 Å². The summed E-state index contributed by atoms with van der Waals surface area (Å²) in [5.41, 5.74) is 1.04. The summed E-state index contributed by atoms with van der Waals surface area (Å²) in [4.78, 5) is 26.4. The molecule has 0 radical (unpaired) electrons. The number of thiazole rings is 1. The number of amides is 2. The van der Waals surface area contributed by atoms with E-state index >= 15 is 0 Å². The van der Waals surface area contributed by atoms with Crippen LogP contribution in [0.4, 0.5) is 9.93 Å². The molecule has 1 saturated carbocycles. The highest BCUT2D eigenvalue weighted by Crippen LogP contribution is 2.40. The lowest BCUT2D eigenvalue weighted by molar-refractivity contribution is -0.140. The Morgan fingerprint density at radius 1 is 1.61 bits per heavy atom. The SMILES string of the molecule is CC(CNC(=O)Nc1nc(C2CC2)cs1)C(=O)O. The minimum Gasteiger partial charge on any atom is -0.481 e. The first kappa shape index (κ1) is 12.8. The summed E-state index contributed by atoms with van der Waals surface area (Å²) >= 11 is 1.39. The van der Waals surface area contributed by atoms with Crippen molar-refractivity contribution >= 4 is 28.5 Å². The summed E-state index contributed by atoms with van der Waals surface area (Å²) in [7, 11) is 0. The fourth-order valence-corrected chi connectivity index (χ4v) is 2.17. The highest BCUT2D eigenvalue weighted by Gasteiger charge is 2.26. The van der Waals surface area contributed by atoms with Crippen LogP contribution < -0.4 is 10.6 Å². The number of carboxylic acid groups (broad SMARTS) is 1. The van der Waals surface area contributed by atoms with Crippen molar-refractivity contribution in [2.75, 3.05) is 11.9 Å². The topological polar surface area (TPSA) is 91.3 Å². The average molecular weight is 269 g/mol. The van der Waals surface area contributed by atoms with Crippen LogP contribution >= 0.6 is 11.3 Å². The van der Waals surface area contributed by atoms with Crippen LogP contribution in [0.15, 0.2) is 5.38 Å². The van der Waals surface area contributed by atoms with Crippen LogP contribution in [0, 0.1) is 5.92 Å². The number of hydrogen-bond acceptors (Lipinski definition) is 4. The van der Waals surface area contributed by atoms with E-state index in [1.54, 1.807) is 0 Å². The average Bonchev–Trinajstić information content (AvgIpc) is 3.07.